The van der Waals surface area contributed by atoms with Crippen molar-refractivity contribution in [2.24, 2.45) is 16.3 Å². The third kappa shape index (κ3) is 2.66. The van der Waals surface area contributed by atoms with Gasteiger partial charge in [0.15, 0.2) is 5.96 Å². The first kappa shape index (κ1) is 15.1. The van der Waals surface area contributed by atoms with Gasteiger partial charge in [-0.2, -0.15) is 0 Å². The number of hydrogen-bond acceptors (Lipinski definition) is 3. The molecule has 0 aromatic heterocycles. The van der Waals surface area contributed by atoms with Gasteiger partial charge < -0.3 is 20.1 Å². The molecule has 2 saturated carbocycles. The fraction of sp³-hybridized carbons (Fsp3) is 0.938. The summed E-state index contributed by atoms with van der Waals surface area (Å²) in [5, 5.41) is 7.10. The third-order valence-electron chi connectivity index (χ3n) is 5.45. The van der Waals surface area contributed by atoms with Crippen molar-refractivity contribution in [3.63, 3.8) is 0 Å². The van der Waals surface area contributed by atoms with E-state index in [1.165, 1.54) is 25.7 Å². The SMILES string of the molecule is CCNC(=NCCCOC)NC1C2CCOC2C12CCC2. The number of fused-ring (bicyclic) bond motifs is 2. The Bertz CT molecular complexity index is 382. The van der Waals surface area contributed by atoms with E-state index in [0.29, 0.717) is 23.5 Å². The van der Waals surface area contributed by atoms with Gasteiger partial charge >= 0.3 is 0 Å². The van der Waals surface area contributed by atoms with Crippen LogP contribution in [0.1, 0.15) is 39.0 Å². The Morgan fingerprint density at radius 2 is 2.29 bits per heavy atom. The quantitative estimate of drug-likeness (QED) is 0.443. The average molecular weight is 295 g/mol. The maximum Gasteiger partial charge on any atom is 0.191 e. The van der Waals surface area contributed by atoms with Gasteiger partial charge in [-0.1, -0.05) is 6.42 Å². The molecule has 120 valence electrons. The Balaban J connectivity index is 1.59. The Hall–Kier alpha value is -0.810. The first-order chi connectivity index (χ1) is 10.3. The molecule has 1 spiro atoms. The largest absolute Gasteiger partial charge is 0.385 e. The number of guanidine groups is 1. The Kier molecular flexibility index (Phi) is 4.69. The zero-order chi connectivity index (χ0) is 14.7. The zero-order valence-electron chi connectivity index (χ0n) is 13.4. The lowest BCUT2D eigenvalue weighted by molar-refractivity contribution is -0.171. The Morgan fingerprint density at radius 3 is 2.95 bits per heavy atom. The normalized spacial score (nSPS) is 33.2. The van der Waals surface area contributed by atoms with E-state index in [0.717, 1.165) is 38.7 Å². The molecule has 0 amide bonds. The molecule has 3 fully saturated rings. The predicted molar refractivity (Wildman–Crippen MR) is 83.5 cm³/mol. The third-order valence-corrected chi connectivity index (χ3v) is 5.45. The van der Waals surface area contributed by atoms with Gasteiger partial charge in [0.1, 0.15) is 0 Å². The summed E-state index contributed by atoms with van der Waals surface area (Å²) in [5.74, 6) is 1.66. The van der Waals surface area contributed by atoms with Crippen LogP contribution in [0, 0.1) is 11.3 Å². The second-order valence-electron chi connectivity index (χ2n) is 6.56. The number of aliphatic imine (C=N–C) groups is 1. The summed E-state index contributed by atoms with van der Waals surface area (Å²) in [7, 11) is 1.74. The molecule has 0 radical (unpaired) electrons. The van der Waals surface area contributed by atoms with E-state index >= 15 is 0 Å². The Morgan fingerprint density at radius 1 is 1.43 bits per heavy atom. The van der Waals surface area contributed by atoms with Crippen molar-refractivity contribution in [1.29, 1.82) is 0 Å². The van der Waals surface area contributed by atoms with E-state index in [-0.39, 0.29) is 0 Å². The van der Waals surface area contributed by atoms with Crippen LogP contribution in [0.15, 0.2) is 4.99 Å². The maximum atomic E-state index is 5.98. The first-order valence-corrected chi connectivity index (χ1v) is 8.47. The molecule has 2 N–H and O–H groups in total. The number of methoxy groups -OCH3 is 1. The molecule has 0 aromatic carbocycles. The second-order valence-corrected chi connectivity index (χ2v) is 6.56. The van der Waals surface area contributed by atoms with Crippen LogP contribution in [0.25, 0.3) is 0 Å². The van der Waals surface area contributed by atoms with Crippen molar-refractivity contribution in [2.45, 2.75) is 51.2 Å². The smallest absolute Gasteiger partial charge is 0.191 e. The summed E-state index contributed by atoms with van der Waals surface area (Å²) in [6, 6.07) is 0.555. The number of rotatable bonds is 6. The lowest BCUT2D eigenvalue weighted by Crippen LogP contribution is -2.72. The van der Waals surface area contributed by atoms with Gasteiger partial charge in [-0.05, 0) is 32.6 Å². The highest BCUT2D eigenvalue weighted by Gasteiger charge is 2.66. The molecule has 3 atom stereocenters. The van der Waals surface area contributed by atoms with Crippen molar-refractivity contribution in [3.05, 3.63) is 0 Å². The molecular weight excluding hydrogens is 266 g/mol. The first-order valence-electron chi connectivity index (χ1n) is 8.47. The standard InChI is InChI=1S/C16H29N3O2/c1-3-17-15(18-9-5-10-20-2)19-13-12-6-11-21-14(12)16(13)7-4-8-16/h12-14H,3-11H2,1-2H3,(H2,17,18,19). The van der Waals surface area contributed by atoms with Crippen LogP contribution in [0.4, 0.5) is 0 Å². The minimum absolute atomic E-state index is 0.407. The second kappa shape index (κ2) is 6.53. The number of nitrogens with one attached hydrogen (secondary N) is 2. The summed E-state index contributed by atoms with van der Waals surface area (Å²) in [4.78, 5) is 4.68. The van der Waals surface area contributed by atoms with Crippen LogP contribution in [-0.2, 0) is 9.47 Å². The maximum absolute atomic E-state index is 5.98. The highest BCUT2D eigenvalue weighted by Crippen LogP contribution is 2.62. The van der Waals surface area contributed by atoms with Crippen LogP contribution in [0.2, 0.25) is 0 Å². The van der Waals surface area contributed by atoms with Crippen LogP contribution in [0.5, 0.6) is 0 Å². The fourth-order valence-corrected chi connectivity index (χ4v) is 4.32. The van der Waals surface area contributed by atoms with Crippen molar-refractivity contribution in [2.75, 3.05) is 33.4 Å². The van der Waals surface area contributed by atoms with Crippen molar-refractivity contribution in [1.82, 2.24) is 10.6 Å². The molecule has 5 nitrogen and oxygen atoms in total. The molecule has 3 unspecified atom stereocenters. The average Bonchev–Trinajstić information content (AvgIpc) is 2.84. The van der Waals surface area contributed by atoms with Crippen LogP contribution in [0.3, 0.4) is 0 Å². The van der Waals surface area contributed by atoms with Gasteiger partial charge in [0, 0.05) is 50.8 Å². The summed E-state index contributed by atoms with van der Waals surface area (Å²) in [6.07, 6.45) is 6.67. The number of nitrogens with zero attached hydrogens (tertiary/aromatic N) is 1. The molecule has 0 aromatic rings. The van der Waals surface area contributed by atoms with Gasteiger partial charge in [-0.25, -0.2) is 0 Å². The van der Waals surface area contributed by atoms with E-state index in [1.54, 1.807) is 7.11 Å². The number of hydrogen-bond donors (Lipinski definition) is 2. The lowest BCUT2D eigenvalue weighted by atomic mass is 9.46. The molecule has 2 aliphatic carbocycles. The van der Waals surface area contributed by atoms with Crippen molar-refractivity contribution in [3.8, 4) is 0 Å². The summed E-state index contributed by atoms with van der Waals surface area (Å²) < 4.78 is 11.1. The van der Waals surface area contributed by atoms with Gasteiger partial charge in [-0.3, -0.25) is 4.99 Å². The van der Waals surface area contributed by atoms with Crippen LogP contribution < -0.4 is 10.6 Å². The van der Waals surface area contributed by atoms with Crippen molar-refractivity contribution >= 4 is 5.96 Å². The molecule has 1 saturated heterocycles. The van der Waals surface area contributed by atoms with Gasteiger partial charge in [-0.15, -0.1) is 0 Å². The van der Waals surface area contributed by atoms with E-state index < -0.39 is 0 Å². The fourth-order valence-electron chi connectivity index (χ4n) is 4.32. The summed E-state index contributed by atoms with van der Waals surface area (Å²) in [6.45, 7) is 5.55. The molecule has 5 heteroatoms. The van der Waals surface area contributed by atoms with Crippen LogP contribution >= 0.6 is 0 Å². The summed E-state index contributed by atoms with van der Waals surface area (Å²) >= 11 is 0. The van der Waals surface area contributed by atoms with Gasteiger partial charge in [0.2, 0.25) is 0 Å². The van der Waals surface area contributed by atoms with E-state index in [1.807, 2.05) is 0 Å². The monoisotopic (exact) mass is 295 g/mol. The van der Waals surface area contributed by atoms with E-state index in [4.69, 9.17) is 9.47 Å². The molecule has 3 aliphatic rings. The predicted octanol–water partition coefficient (Wildman–Crippen LogP) is 1.54. The van der Waals surface area contributed by atoms with E-state index in [9.17, 15) is 0 Å². The molecule has 3 rings (SSSR count). The molecule has 21 heavy (non-hydrogen) atoms. The van der Waals surface area contributed by atoms with Gasteiger partial charge in [0.25, 0.3) is 0 Å². The van der Waals surface area contributed by atoms with E-state index in [2.05, 4.69) is 22.5 Å². The topological polar surface area (TPSA) is 54.9 Å². The minimum Gasteiger partial charge on any atom is -0.385 e. The lowest BCUT2D eigenvalue weighted by Gasteiger charge is -2.63. The van der Waals surface area contributed by atoms with Gasteiger partial charge in [0.05, 0.1) is 6.10 Å². The Labute approximate surface area is 127 Å². The van der Waals surface area contributed by atoms with Crippen molar-refractivity contribution < 1.29 is 9.47 Å². The zero-order valence-corrected chi connectivity index (χ0v) is 13.4. The summed E-state index contributed by atoms with van der Waals surface area (Å²) in [5.41, 5.74) is 0.407. The molecule has 1 aliphatic heterocycles. The number of ether oxygens (including phenoxy) is 2. The van der Waals surface area contributed by atoms with Crippen LogP contribution in [-0.4, -0.2) is 51.5 Å². The highest BCUT2D eigenvalue weighted by atomic mass is 16.5. The minimum atomic E-state index is 0.407. The molecular formula is C16H29N3O2. The molecule has 1 heterocycles. The highest BCUT2D eigenvalue weighted by molar-refractivity contribution is 5.80. The molecule has 0 bridgehead atoms.